The minimum Gasteiger partial charge on any atom is -0.477 e. The van der Waals surface area contributed by atoms with Crippen LogP contribution in [0.25, 0.3) is 0 Å². The fraction of sp³-hybridized carbons (Fsp3) is 0.556. The number of anilines is 1. The SMILES string of the molecule is O=C(O)c1cnc(NCC2CCSC2)s1. The van der Waals surface area contributed by atoms with Gasteiger partial charge in [-0.25, -0.2) is 9.78 Å². The molecule has 1 atom stereocenters. The van der Waals surface area contributed by atoms with E-state index < -0.39 is 5.97 Å². The van der Waals surface area contributed by atoms with E-state index in [1.54, 1.807) is 0 Å². The van der Waals surface area contributed by atoms with Crippen LogP contribution in [0.15, 0.2) is 6.20 Å². The third-order valence-electron chi connectivity index (χ3n) is 2.28. The van der Waals surface area contributed by atoms with Crippen molar-refractivity contribution < 1.29 is 9.90 Å². The number of hydrogen-bond acceptors (Lipinski definition) is 5. The summed E-state index contributed by atoms with van der Waals surface area (Å²) < 4.78 is 0. The van der Waals surface area contributed by atoms with Crippen LogP contribution in [0.1, 0.15) is 16.1 Å². The Labute approximate surface area is 96.1 Å². The van der Waals surface area contributed by atoms with Gasteiger partial charge in [-0.15, -0.1) is 0 Å². The van der Waals surface area contributed by atoms with Crippen LogP contribution in [0.4, 0.5) is 5.13 Å². The van der Waals surface area contributed by atoms with Crippen LogP contribution in [-0.4, -0.2) is 34.1 Å². The second-order valence-corrected chi connectivity index (χ2v) is 5.63. The number of rotatable bonds is 4. The van der Waals surface area contributed by atoms with Crippen molar-refractivity contribution in [3.63, 3.8) is 0 Å². The minimum absolute atomic E-state index is 0.290. The molecular weight excluding hydrogens is 232 g/mol. The summed E-state index contributed by atoms with van der Waals surface area (Å²) in [4.78, 5) is 14.9. The summed E-state index contributed by atoms with van der Waals surface area (Å²) in [5, 5.41) is 12.6. The second-order valence-electron chi connectivity index (χ2n) is 3.45. The van der Waals surface area contributed by atoms with Gasteiger partial charge in [-0.05, 0) is 23.8 Å². The van der Waals surface area contributed by atoms with Crippen LogP contribution < -0.4 is 5.32 Å². The average molecular weight is 244 g/mol. The second kappa shape index (κ2) is 4.85. The first-order chi connectivity index (χ1) is 7.25. The molecule has 0 aliphatic carbocycles. The molecule has 0 bridgehead atoms. The molecule has 1 aliphatic rings. The summed E-state index contributed by atoms with van der Waals surface area (Å²) in [6.07, 6.45) is 2.65. The number of thioether (sulfide) groups is 1. The number of carboxylic acids is 1. The fourth-order valence-corrected chi connectivity index (χ4v) is 3.38. The lowest BCUT2D eigenvalue weighted by atomic mass is 10.1. The van der Waals surface area contributed by atoms with Crippen molar-refractivity contribution in [2.45, 2.75) is 6.42 Å². The largest absolute Gasteiger partial charge is 0.477 e. The van der Waals surface area contributed by atoms with E-state index in [4.69, 9.17) is 5.11 Å². The van der Waals surface area contributed by atoms with Crippen molar-refractivity contribution in [1.82, 2.24) is 4.98 Å². The van der Waals surface area contributed by atoms with Crippen LogP contribution in [0.3, 0.4) is 0 Å². The summed E-state index contributed by atoms with van der Waals surface area (Å²) >= 11 is 3.17. The van der Waals surface area contributed by atoms with Gasteiger partial charge >= 0.3 is 5.97 Å². The normalized spacial score (nSPS) is 20.4. The van der Waals surface area contributed by atoms with Crippen molar-refractivity contribution in [3.8, 4) is 0 Å². The number of nitrogens with zero attached hydrogens (tertiary/aromatic N) is 1. The highest BCUT2D eigenvalue weighted by molar-refractivity contribution is 7.99. The molecule has 1 aromatic heterocycles. The number of thiazole rings is 1. The molecule has 1 aliphatic heterocycles. The van der Waals surface area contributed by atoms with Gasteiger partial charge in [0.1, 0.15) is 4.88 Å². The molecule has 15 heavy (non-hydrogen) atoms. The number of hydrogen-bond donors (Lipinski definition) is 2. The standard InChI is InChI=1S/C9H12N2O2S2/c12-8(13)7-4-11-9(15-7)10-3-6-1-2-14-5-6/h4,6H,1-3,5H2,(H,10,11)(H,12,13). The van der Waals surface area contributed by atoms with Crippen molar-refractivity contribution in [2.24, 2.45) is 5.92 Å². The van der Waals surface area contributed by atoms with Gasteiger partial charge in [0.15, 0.2) is 5.13 Å². The van der Waals surface area contributed by atoms with E-state index in [-0.39, 0.29) is 0 Å². The van der Waals surface area contributed by atoms with Crippen LogP contribution in [-0.2, 0) is 0 Å². The molecule has 82 valence electrons. The Kier molecular flexibility index (Phi) is 3.48. The van der Waals surface area contributed by atoms with E-state index in [1.165, 1.54) is 35.5 Å². The molecule has 1 aromatic rings. The van der Waals surface area contributed by atoms with Crippen molar-refractivity contribution in [1.29, 1.82) is 0 Å². The Bertz CT molecular complexity index is 348. The molecule has 4 nitrogen and oxygen atoms in total. The Hall–Kier alpha value is -0.750. The molecule has 0 aromatic carbocycles. The van der Waals surface area contributed by atoms with Gasteiger partial charge in [-0.1, -0.05) is 11.3 Å². The molecule has 2 N–H and O–H groups in total. The predicted molar refractivity (Wildman–Crippen MR) is 63.0 cm³/mol. The molecule has 0 spiro atoms. The number of nitrogens with one attached hydrogen (secondary N) is 1. The molecule has 1 fully saturated rings. The Morgan fingerprint density at radius 3 is 3.20 bits per heavy atom. The summed E-state index contributed by atoms with van der Waals surface area (Å²) in [6.45, 7) is 0.902. The Balaban J connectivity index is 1.84. The quantitative estimate of drug-likeness (QED) is 0.848. The van der Waals surface area contributed by atoms with Gasteiger partial charge < -0.3 is 10.4 Å². The summed E-state index contributed by atoms with van der Waals surface area (Å²) in [5.41, 5.74) is 0. The monoisotopic (exact) mass is 244 g/mol. The molecule has 2 rings (SSSR count). The maximum absolute atomic E-state index is 10.6. The van der Waals surface area contributed by atoms with Crippen molar-refractivity contribution >= 4 is 34.2 Å². The minimum atomic E-state index is -0.906. The van der Waals surface area contributed by atoms with Gasteiger partial charge in [0.2, 0.25) is 0 Å². The van der Waals surface area contributed by atoms with Gasteiger partial charge in [0.05, 0.1) is 6.20 Å². The van der Waals surface area contributed by atoms with Crippen LogP contribution in [0, 0.1) is 5.92 Å². The lowest BCUT2D eigenvalue weighted by molar-refractivity contribution is 0.0702. The van der Waals surface area contributed by atoms with Crippen LogP contribution in [0.2, 0.25) is 0 Å². The topological polar surface area (TPSA) is 62.2 Å². The number of aromatic nitrogens is 1. The first kappa shape index (κ1) is 10.8. The lowest BCUT2D eigenvalue weighted by Crippen LogP contribution is -2.13. The molecule has 0 saturated carbocycles. The summed E-state index contributed by atoms with van der Waals surface area (Å²) in [6, 6.07) is 0. The maximum atomic E-state index is 10.6. The van der Waals surface area contributed by atoms with E-state index in [9.17, 15) is 4.79 Å². The van der Waals surface area contributed by atoms with Crippen LogP contribution >= 0.6 is 23.1 Å². The lowest BCUT2D eigenvalue weighted by Gasteiger charge is -2.07. The highest BCUT2D eigenvalue weighted by Crippen LogP contribution is 2.24. The first-order valence-corrected chi connectivity index (χ1v) is 6.73. The van der Waals surface area contributed by atoms with E-state index in [0.29, 0.717) is 15.9 Å². The highest BCUT2D eigenvalue weighted by Gasteiger charge is 2.16. The molecule has 1 unspecified atom stereocenters. The van der Waals surface area contributed by atoms with Gasteiger partial charge in [0, 0.05) is 6.54 Å². The number of carbonyl (C=O) groups is 1. The van der Waals surface area contributed by atoms with E-state index in [1.807, 2.05) is 11.8 Å². The van der Waals surface area contributed by atoms with E-state index in [2.05, 4.69) is 10.3 Å². The van der Waals surface area contributed by atoms with E-state index >= 15 is 0 Å². The van der Waals surface area contributed by atoms with E-state index in [0.717, 1.165) is 6.54 Å². The zero-order valence-electron chi connectivity index (χ0n) is 8.10. The smallest absolute Gasteiger partial charge is 0.347 e. The van der Waals surface area contributed by atoms with Crippen molar-refractivity contribution in [3.05, 3.63) is 11.1 Å². The summed E-state index contributed by atoms with van der Waals surface area (Å²) in [7, 11) is 0. The number of aromatic carboxylic acids is 1. The molecule has 1 saturated heterocycles. The molecule has 0 amide bonds. The molecular formula is C9H12N2O2S2. The highest BCUT2D eigenvalue weighted by atomic mass is 32.2. The zero-order valence-corrected chi connectivity index (χ0v) is 9.74. The third kappa shape index (κ3) is 2.85. The maximum Gasteiger partial charge on any atom is 0.347 e. The Morgan fingerprint density at radius 1 is 1.73 bits per heavy atom. The zero-order chi connectivity index (χ0) is 10.7. The van der Waals surface area contributed by atoms with Gasteiger partial charge in [0.25, 0.3) is 0 Å². The van der Waals surface area contributed by atoms with Crippen molar-refractivity contribution in [2.75, 3.05) is 23.4 Å². The predicted octanol–water partition coefficient (Wildman–Crippen LogP) is 2.01. The molecule has 6 heteroatoms. The Morgan fingerprint density at radius 2 is 2.60 bits per heavy atom. The number of carboxylic acid groups (broad SMARTS) is 1. The van der Waals surface area contributed by atoms with Gasteiger partial charge in [-0.2, -0.15) is 11.8 Å². The fourth-order valence-electron chi connectivity index (χ4n) is 1.43. The summed E-state index contributed by atoms with van der Waals surface area (Å²) in [5.74, 6) is 2.23. The third-order valence-corrected chi connectivity index (χ3v) is 4.46. The van der Waals surface area contributed by atoms with Gasteiger partial charge in [-0.3, -0.25) is 0 Å². The van der Waals surface area contributed by atoms with Crippen LogP contribution in [0.5, 0.6) is 0 Å². The molecule has 0 radical (unpaired) electrons. The first-order valence-electron chi connectivity index (χ1n) is 4.76. The molecule has 2 heterocycles. The average Bonchev–Trinajstić information content (AvgIpc) is 2.86.